The van der Waals surface area contributed by atoms with E-state index in [9.17, 15) is 0 Å². The molecule has 108 valence electrons. The minimum Gasteiger partial charge on any atom is -0.167 e. The summed E-state index contributed by atoms with van der Waals surface area (Å²) in [6, 6.07) is 19.4. The molecule has 1 aromatic carbocycles. The smallest absolute Gasteiger partial charge is 0.167 e. The van der Waals surface area contributed by atoms with Gasteiger partial charge in [-0.25, -0.2) is 0 Å². The van der Waals surface area contributed by atoms with Crippen molar-refractivity contribution in [2.24, 2.45) is 0 Å². The Morgan fingerprint density at radius 2 is 1.52 bits per heavy atom. The lowest BCUT2D eigenvalue weighted by Gasteiger charge is -2.05. The summed E-state index contributed by atoms with van der Waals surface area (Å²) >= 11 is 0. The van der Waals surface area contributed by atoms with Gasteiger partial charge in [0.1, 0.15) is 0 Å². The largest absolute Gasteiger partial charge is 0.214 e. The number of rotatable bonds is 0. The average Bonchev–Trinajstić information content (AvgIpc) is 2.60. The van der Waals surface area contributed by atoms with Crippen molar-refractivity contribution in [3.63, 3.8) is 0 Å². The van der Waals surface area contributed by atoms with Crippen molar-refractivity contribution in [2.75, 3.05) is 0 Å². The van der Waals surface area contributed by atoms with Crippen LogP contribution in [0.2, 0.25) is 0 Å². The molecule has 5 rings (SSSR count). The van der Waals surface area contributed by atoms with E-state index in [0.29, 0.717) is 0 Å². The molecule has 0 aliphatic carbocycles. The number of aromatic nitrogens is 2. The highest BCUT2D eigenvalue weighted by molar-refractivity contribution is 6.09. The third kappa shape index (κ3) is 1.75. The summed E-state index contributed by atoms with van der Waals surface area (Å²) in [6.45, 7) is 2.22. The van der Waals surface area contributed by atoms with Crippen LogP contribution in [0, 0.1) is 6.92 Å². The molecule has 0 saturated carbocycles. The first kappa shape index (κ1) is 12.5. The SMILES string of the molecule is Cc1c2c(ccc3cc4cccc[n+]4cc32)c[n+]2ccccc12. The van der Waals surface area contributed by atoms with Crippen LogP contribution in [-0.4, -0.2) is 0 Å². The second kappa shape index (κ2) is 4.50. The van der Waals surface area contributed by atoms with Crippen LogP contribution < -0.4 is 8.80 Å². The molecule has 0 fully saturated rings. The summed E-state index contributed by atoms with van der Waals surface area (Å²) < 4.78 is 4.40. The van der Waals surface area contributed by atoms with Crippen LogP contribution in [0.25, 0.3) is 32.6 Å². The van der Waals surface area contributed by atoms with E-state index in [4.69, 9.17) is 0 Å². The molecule has 0 unspecified atom stereocenters. The van der Waals surface area contributed by atoms with Gasteiger partial charge >= 0.3 is 0 Å². The fourth-order valence-electron chi connectivity index (χ4n) is 3.62. The molecule has 0 bridgehead atoms. The third-order valence-corrected chi connectivity index (χ3v) is 4.73. The molecule has 23 heavy (non-hydrogen) atoms. The van der Waals surface area contributed by atoms with Gasteiger partial charge < -0.3 is 0 Å². The quantitative estimate of drug-likeness (QED) is 0.233. The van der Waals surface area contributed by atoms with Crippen LogP contribution in [0.3, 0.4) is 0 Å². The molecule has 0 N–H and O–H groups in total. The minimum absolute atomic E-state index is 1.21. The maximum absolute atomic E-state index is 2.26. The van der Waals surface area contributed by atoms with Gasteiger partial charge in [-0.3, -0.25) is 0 Å². The summed E-state index contributed by atoms with van der Waals surface area (Å²) in [5.41, 5.74) is 3.79. The Bertz CT molecular complexity index is 1220. The van der Waals surface area contributed by atoms with Crippen molar-refractivity contribution < 1.29 is 8.80 Å². The Morgan fingerprint density at radius 3 is 2.43 bits per heavy atom. The van der Waals surface area contributed by atoms with E-state index < -0.39 is 0 Å². The number of pyridine rings is 4. The fourth-order valence-corrected chi connectivity index (χ4v) is 3.62. The summed E-state index contributed by atoms with van der Waals surface area (Å²) in [5.74, 6) is 0. The molecular weight excluding hydrogens is 280 g/mol. The van der Waals surface area contributed by atoms with E-state index in [1.165, 1.54) is 38.1 Å². The topological polar surface area (TPSA) is 8.20 Å². The summed E-state index contributed by atoms with van der Waals surface area (Å²) in [4.78, 5) is 0. The standard InChI is InChI=1S/C21H16N2/c1-15-20-7-3-5-11-23(20)13-17-9-8-16-12-18-6-2-4-10-22(18)14-19(16)21(15)17/h2-14H,1H3/q+2. The molecule has 0 saturated heterocycles. The second-order valence-corrected chi connectivity index (χ2v) is 6.09. The molecular formula is C21H16N2+2. The predicted octanol–water partition coefficient (Wildman–Crippen LogP) is 3.78. The van der Waals surface area contributed by atoms with Gasteiger partial charge in [-0.05, 0) is 30.5 Å². The monoisotopic (exact) mass is 296 g/mol. The van der Waals surface area contributed by atoms with Crippen LogP contribution in [0.15, 0.2) is 79.4 Å². The van der Waals surface area contributed by atoms with Gasteiger partial charge in [-0.15, -0.1) is 0 Å². The Morgan fingerprint density at radius 1 is 0.739 bits per heavy atom. The summed E-state index contributed by atoms with van der Waals surface area (Å²) in [5, 5.41) is 5.20. The molecule has 4 heterocycles. The summed E-state index contributed by atoms with van der Waals surface area (Å²) in [6.07, 6.45) is 8.69. The first-order valence-electron chi connectivity index (χ1n) is 7.87. The van der Waals surface area contributed by atoms with Crippen LogP contribution in [0.5, 0.6) is 0 Å². The van der Waals surface area contributed by atoms with Crippen LogP contribution in [-0.2, 0) is 0 Å². The Labute approximate surface area is 133 Å². The van der Waals surface area contributed by atoms with E-state index in [2.05, 4.69) is 95.1 Å². The summed E-state index contributed by atoms with van der Waals surface area (Å²) in [7, 11) is 0. The maximum atomic E-state index is 2.26. The number of aryl methyl sites for hydroxylation is 1. The molecule has 2 nitrogen and oxygen atoms in total. The van der Waals surface area contributed by atoms with E-state index in [0.717, 1.165) is 0 Å². The molecule has 0 amide bonds. The van der Waals surface area contributed by atoms with Crippen molar-refractivity contribution >= 4 is 32.6 Å². The fraction of sp³-hybridized carbons (Fsp3) is 0.0476. The first-order chi connectivity index (χ1) is 11.3. The van der Waals surface area contributed by atoms with Crippen molar-refractivity contribution in [1.29, 1.82) is 0 Å². The Balaban J connectivity index is 2.05. The van der Waals surface area contributed by atoms with Crippen molar-refractivity contribution in [1.82, 2.24) is 0 Å². The van der Waals surface area contributed by atoms with Gasteiger partial charge in [-0.2, -0.15) is 8.80 Å². The van der Waals surface area contributed by atoms with Gasteiger partial charge in [0.05, 0.1) is 5.39 Å². The molecule has 0 aliphatic rings. The highest BCUT2D eigenvalue weighted by atomic mass is 14.9. The number of benzene rings is 1. The lowest BCUT2D eigenvalue weighted by Crippen LogP contribution is -2.22. The van der Waals surface area contributed by atoms with Gasteiger partial charge in [0.2, 0.25) is 11.0 Å². The Hall–Kier alpha value is -3.00. The number of fused-ring (bicyclic) bond motifs is 5. The zero-order valence-electron chi connectivity index (χ0n) is 12.9. The molecule has 0 spiro atoms. The maximum Gasteiger partial charge on any atom is 0.214 e. The van der Waals surface area contributed by atoms with Gasteiger partial charge in [0.25, 0.3) is 0 Å². The second-order valence-electron chi connectivity index (χ2n) is 6.09. The van der Waals surface area contributed by atoms with E-state index >= 15 is 0 Å². The van der Waals surface area contributed by atoms with E-state index in [-0.39, 0.29) is 0 Å². The van der Waals surface area contributed by atoms with Crippen molar-refractivity contribution in [2.45, 2.75) is 6.92 Å². The molecule has 0 aliphatic heterocycles. The lowest BCUT2D eigenvalue weighted by molar-refractivity contribution is -0.510. The van der Waals surface area contributed by atoms with Gasteiger partial charge in [0, 0.05) is 46.7 Å². The number of nitrogens with zero attached hydrogens (tertiary/aromatic N) is 2. The molecule has 2 heteroatoms. The minimum atomic E-state index is 1.21. The van der Waals surface area contributed by atoms with Crippen LogP contribution in [0.1, 0.15) is 5.56 Å². The zero-order chi connectivity index (χ0) is 15.4. The predicted molar refractivity (Wildman–Crippen MR) is 92.5 cm³/mol. The normalized spacial score (nSPS) is 11.7. The van der Waals surface area contributed by atoms with Crippen LogP contribution >= 0.6 is 0 Å². The van der Waals surface area contributed by atoms with Crippen molar-refractivity contribution in [3.8, 4) is 0 Å². The van der Waals surface area contributed by atoms with Gasteiger partial charge in [-0.1, -0.05) is 6.07 Å². The average molecular weight is 296 g/mol. The van der Waals surface area contributed by atoms with E-state index in [1.54, 1.807) is 0 Å². The van der Waals surface area contributed by atoms with E-state index in [1.807, 2.05) is 0 Å². The highest BCUT2D eigenvalue weighted by Gasteiger charge is 2.15. The van der Waals surface area contributed by atoms with Gasteiger partial charge in [0.15, 0.2) is 24.8 Å². The number of hydrogen-bond donors (Lipinski definition) is 0. The van der Waals surface area contributed by atoms with Crippen molar-refractivity contribution in [3.05, 3.63) is 84.9 Å². The molecule has 4 aromatic heterocycles. The van der Waals surface area contributed by atoms with Crippen LogP contribution in [0.4, 0.5) is 0 Å². The molecule has 0 atom stereocenters. The lowest BCUT2D eigenvalue weighted by atomic mass is 10.00. The first-order valence-corrected chi connectivity index (χ1v) is 7.87. The zero-order valence-corrected chi connectivity index (χ0v) is 12.9. The molecule has 5 aromatic rings. The Kier molecular flexibility index (Phi) is 2.45. The number of hydrogen-bond acceptors (Lipinski definition) is 0. The third-order valence-electron chi connectivity index (χ3n) is 4.73. The molecule has 0 radical (unpaired) electrons. The highest BCUT2D eigenvalue weighted by Crippen LogP contribution is 2.28.